The number of benzene rings is 1. The number of fused-ring (bicyclic) bond motifs is 1. The molecule has 0 saturated carbocycles. The van der Waals surface area contributed by atoms with Crippen molar-refractivity contribution in [2.45, 2.75) is 6.04 Å². The molecule has 0 fully saturated rings. The first-order chi connectivity index (χ1) is 11.8. The molecule has 1 unspecified atom stereocenters. The second kappa shape index (κ2) is 6.59. The van der Waals surface area contributed by atoms with Crippen LogP contribution in [0.25, 0.3) is 10.1 Å². The van der Waals surface area contributed by atoms with Crippen LogP contribution in [0.5, 0.6) is 0 Å². The SMILES string of the molecule is O=C(NCC(c1cccs1)n1cccn1)c1cc2ccccc2s1. The fraction of sp³-hybridized carbons (Fsp3) is 0.111. The predicted octanol–water partition coefficient (Wildman–Crippen LogP) is 4.18. The normalized spacial score (nSPS) is 12.3. The Morgan fingerprint density at radius 3 is 2.88 bits per heavy atom. The number of carbonyl (C=O) groups excluding carboxylic acids is 1. The van der Waals surface area contributed by atoms with Gasteiger partial charge < -0.3 is 5.32 Å². The fourth-order valence-electron chi connectivity index (χ4n) is 2.64. The molecule has 3 heterocycles. The Labute approximate surface area is 147 Å². The van der Waals surface area contributed by atoms with Gasteiger partial charge >= 0.3 is 0 Å². The van der Waals surface area contributed by atoms with Crippen molar-refractivity contribution in [3.63, 3.8) is 0 Å². The molecule has 4 rings (SSSR count). The van der Waals surface area contributed by atoms with E-state index in [0.29, 0.717) is 6.54 Å². The summed E-state index contributed by atoms with van der Waals surface area (Å²) in [7, 11) is 0. The molecular weight excluding hydrogens is 338 g/mol. The molecule has 4 aromatic rings. The van der Waals surface area contributed by atoms with E-state index in [1.54, 1.807) is 17.5 Å². The van der Waals surface area contributed by atoms with E-state index in [0.717, 1.165) is 15.0 Å². The fourth-order valence-corrected chi connectivity index (χ4v) is 4.44. The van der Waals surface area contributed by atoms with Gasteiger partial charge in [0.15, 0.2) is 0 Å². The van der Waals surface area contributed by atoms with Crippen LogP contribution in [-0.4, -0.2) is 22.2 Å². The van der Waals surface area contributed by atoms with Crippen molar-refractivity contribution in [1.29, 1.82) is 0 Å². The van der Waals surface area contributed by atoms with Crippen LogP contribution < -0.4 is 5.32 Å². The molecule has 1 amide bonds. The number of rotatable bonds is 5. The molecule has 1 aromatic carbocycles. The van der Waals surface area contributed by atoms with Crippen molar-refractivity contribution in [2.75, 3.05) is 6.54 Å². The van der Waals surface area contributed by atoms with Crippen molar-refractivity contribution in [3.05, 3.63) is 76.1 Å². The van der Waals surface area contributed by atoms with Gasteiger partial charge in [-0.2, -0.15) is 5.10 Å². The minimum Gasteiger partial charge on any atom is -0.349 e. The molecule has 0 aliphatic heterocycles. The lowest BCUT2D eigenvalue weighted by Crippen LogP contribution is -2.30. The van der Waals surface area contributed by atoms with E-state index in [-0.39, 0.29) is 11.9 Å². The standard InChI is InChI=1S/C18H15N3OS2/c22-18(17-11-13-5-1-2-6-15(13)24-17)19-12-14(16-7-3-10-23-16)21-9-4-8-20-21/h1-11,14H,12H2,(H,19,22). The molecule has 4 nitrogen and oxygen atoms in total. The van der Waals surface area contributed by atoms with Gasteiger partial charge in [-0.3, -0.25) is 9.48 Å². The van der Waals surface area contributed by atoms with Gasteiger partial charge in [0, 0.05) is 28.5 Å². The monoisotopic (exact) mass is 353 g/mol. The molecule has 0 aliphatic rings. The number of amides is 1. The lowest BCUT2D eigenvalue weighted by Gasteiger charge is -2.16. The third-order valence-electron chi connectivity index (χ3n) is 3.82. The van der Waals surface area contributed by atoms with Gasteiger partial charge in [0.05, 0.1) is 4.88 Å². The van der Waals surface area contributed by atoms with E-state index in [4.69, 9.17) is 0 Å². The van der Waals surface area contributed by atoms with Crippen molar-refractivity contribution < 1.29 is 4.79 Å². The van der Waals surface area contributed by atoms with Crippen molar-refractivity contribution in [1.82, 2.24) is 15.1 Å². The smallest absolute Gasteiger partial charge is 0.261 e. The van der Waals surface area contributed by atoms with E-state index in [1.165, 1.54) is 16.2 Å². The Morgan fingerprint density at radius 2 is 2.12 bits per heavy atom. The van der Waals surface area contributed by atoms with Crippen molar-refractivity contribution >= 4 is 38.7 Å². The van der Waals surface area contributed by atoms with E-state index >= 15 is 0 Å². The summed E-state index contributed by atoms with van der Waals surface area (Å²) in [4.78, 5) is 14.4. The minimum absolute atomic E-state index is 0.0123. The van der Waals surface area contributed by atoms with Crippen LogP contribution in [0.2, 0.25) is 0 Å². The van der Waals surface area contributed by atoms with Crippen LogP contribution in [0.1, 0.15) is 20.6 Å². The first-order valence-corrected chi connectivity index (χ1v) is 9.30. The highest BCUT2D eigenvalue weighted by molar-refractivity contribution is 7.20. The number of carbonyl (C=O) groups is 1. The number of hydrogen-bond acceptors (Lipinski definition) is 4. The van der Waals surface area contributed by atoms with Gasteiger partial charge in [-0.05, 0) is 35.0 Å². The number of hydrogen-bond donors (Lipinski definition) is 1. The van der Waals surface area contributed by atoms with Gasteiger partial charge in [-0.1, -0.05) is 24.3 Å². The van der Waals surface area contributed by atoms with E-state index in [2.05, 4.69) is 16.5 Å². The van der Waals surface area contributed by atoms with Gasteiger partial charge in [0.2, 0.25) is 0 Å². The van der Waals surface area contributed by atoms with Crippen molar-refractivity contribution in [3.8, 4) is 0 Å². The topological polar surface area (TPSA) is 46.9 Å². The molecule has 1 N–H and O–H groups in total. The molecule has 6 heteroatoms. The van der Waals surface area contributed by atoms with Crippen LogP contribution in [0.3, 0.4) is 0 Å². The summed E-state index contributed by atoms with van der Waals surface area (Å²) < 4.78 is 3.02. The molecule has 0 bridgehead atoms. The zero-order chi connectivity index (χ0) is 16.4. The third-order valence-corrected chi connectivity index (χ3v) is 5.91. The summed E-state index contributed by atoms with van der Waals surface area (Å²) in [6, 6.07) is 16.0. The van der Waals surface area contributed by atoms with Gasteiger partial charge in [-0.25, -0.2) is 0 Å². The lowest BCUT2D eigenvalue weighted by molar-refractivity contribution is 0.0953. The van der Waals surface area contributed by atoms with E-state index in [1.807, 2.05) is 58.7 Å². The third kappa shape index (κ3) is 2.98. The van der Waals surface area contributed by atoms with Crippen molar-refractivity contribution in [2.24, 2.45) is 0 Å². The summed E-state index contributed by atoms with van der Waals surface area (Å²) in [5.41, 5.74) is 0. The quantitative estimate of drug-likeness (QED) is 0.585. The maximum absolute atomic E-state index is 12.5. The molecule has 1 atom stereocenters. The summed E-state index contributed by atoms with van der Waals surface area (Å²) in [6.07, 6.45) is 3.68. The average Bonchev–Trinajstić information content (AvgIpc) is 3.35. The maximum atomic E-state index is 12.5. The maximum Gasteiger partial charge on any atom is 0.261 e. The summed E-state index contributed by atoms with van der Waals surface area (Å²) >= 11 is 3.19. The molecule has 0 spiro atoms. The van der Waals surface area contributed by atoms with Gasteiger partial charge in [0.25, 0.3) is 5.91 Å². The second-order valence-corrected chi connectivity index (χ2v) is 7.44. The highest BCUT2D eigenvalue weighted by Crippen LogP contribution is 2.26. The molecule has 24 heavy (non-hydrogen) atoms. The lowest BCUT2D eigenvalue weighted by atomic mass is 10.2. The summed E-state index contributed by atoms with van der Waals surface area (Å²) in [5, 5.41) is 10.5. The first-order valence-electron chi connectivity index (χ1n) is 7.60. The molecule has 0 aliphatic carbocycles. The molecule has 120 valence electrons. The largest absolute Gasteiger partial charge is 0.349 e. The van der Waals surface area contributed by atoms with Crippen LogP contribution in [0.4, 0.5) is 0 Å². The second-order valence-electron chi connectivity index (χ2n) is 5.38. The molecular formula is C18H15N3OS2. The zero-order valence-electron chi connectivity index (χ0n) is 12.8. The number of nitrogens with one attached hydrogen (secondary N) is 1. The first kappa shape index (κ1) is 15.1. The van der Waals surface area contributed by atoms with Crippen LogP contribution in [0.15, 0.2) is 66.3 Å². The Balaban J connectivity index is 1.52. The minimum atomic E-state index is -0.0371. The molecule has 0 radical (unpaired) electrons. The Morgan fingerprint density at radius 1 is 1.21 bits per heavy atom. The summed E-state index contributed by atoms with van der Waals surface area (Å²) in [6.45, 7) is 0.509. The predicted molar refractivity (Wildman–Crippen MR) is 98.8 cm³/mol. The number of thiophene rings is 2. The van der Waals surface area contributed by atoms with Gasteiger partial charge in [0.1, 0.15) is 6.04 Å². The van der Waals surface area contributed by atoms with Crippen LogP contribution in [-0.2, 0) is 0 Å². The number of nitrogens with zero attached hydrogens (tertiary/aromatic N) is 2. The van der Waals surface area contributed by atoms with Crippen LogP contribution >= 0.6 is 22.7 Å². The molecule has 3 aromatic heterocycles. The zero-order valence-corrected chi connectivity index (χ0v) is 14.4. The Bertz CT molecular complexity index is 875. The van der Waals surface area contributed by atoms with E-state index in [9.17, 15) is 4.79 Å². The highest BCUT2D eigenvalue weighted by Gasteiger charge is 2.17. The summed E-state index contributed by atoms with van der Waals surface area (Å²) in [5.74, 6) is -0.0371. The molecule has 0 saturated heterocycles. The number of aromatic nitrogens is 2. The van der Waals surface area contributed by atoms with Gasteiger partial charge in [-0.15, -0.1) is 22.7 Å². The average molecular weight is 353 g/mol. The Kier molecular flexibility index (Phi) is 4.15. The Hall–Kier alpha value is -2.44. The van der Waals surface area contributed by atoms with E-state index < -0.39 is 0 Å². The highest BCUT2D eigenvalue weighted by atomic mass is 32.1. The van der Waals surface area contributed by atoms with Crippen LogP contribution in [0, 0.1) is 0 Å².